The molecule has 5 nitrogen and oxygen atoms in total. The third-order valence-corrected chi connectivity index (χ3v) is 3.08. The molecule has 1 aliphatic rings. The normalized spacial score (nSPS) is 22.7. The van der Waals surface area contributed by atoms with Crippen molar-refractivity contribution in [1.29, 1.82) is 5.26 Å². The van der Waals surface area contributed by atoms with Crippen LogP contribution in [0.5, 0.6) is 0 Å². The van der Waals surface area contributed by atoms with Crippen molar-refractivity contribution in [3.8, 4) is 6.07 Å². The fourth-order valence-corrected chi connectivity index (χ4v) is 2.02. The van der Waals surface area contributed by atoms with Crippen molar-refractivity contribution >= 4 is 11.5 Å². The van der Waals surface area contributed by atoms with Crippen LogP contribution in [0, 0.1) is 11.3 Å². The van der Waals surface area contributed by atoms with E-state index < -0.39 is 5.54 Å². The lowest BCUT2D eigenvalue weighted by molar-refractivity contribution is -0.120. The number of para-hydroxylation sites is 1. The van der Waals surface area contributed by atoms with Crippen LogP contribution in [0.4, 0.5) is 5.69 Å². The second kappa shape index (κ2) is 5.63. The van der Waals surface area contributed by atoms with E-state index in [1.807, 2.05) is 30.3 Å². The minimum absolute atomic E-state index is 0.00786. The number of hydrazine groups is 1. The number of carbonyl (C=O) groups excluding carboxylic acids is 1. The first-order chi connectivity index (χ1) is 8.77. The third kappa shape index (κ3) is 2.67. The van der Waals surface area contributed by atoms with Crippen molar-refractivity contribution in [2.75, 3.05) is 18.5 Å². The van der Waals surface area contributed by atoms with Gasteiger partial charge in [0, 0.05) is 31.6 Å². The van der Waals surface area contributed by atoms with Crippen molar-refractivity contribution in [2.24, 2.45) is 0 Å². The number of ketones is 1. The van der Waals surface area contributed by atoms with Gasteiger partial charge in [-0.05, 0) is 12.1 Å². The Morgan fingerprint density at radius 3 is 2.78 bits per heavy atom. The van der Waals surface area contributed by atoms with E-state index in [-0.39, 0.29) is 5.78 Å². The maximum atomic E-state index is 11.7. The first-order valence-corrected chi connectivity index (χ1v) is 6.00. The summed E-state index contributed by atoms with van der Waals surface area (Å²) in [5.74, 6) is -0.00786. The molecule has 0 amide bonds. The first-order valence-electron chi connectivity index (χ1n) is 6.00. The zero-order chi connectivity index (χ0) is 12.8. The fourth-order valence-electron chi connectivity index (χ4n) is 2.02. The van der Waals surface area contributed by atoms with Gasteiger partial charge in [0.15, 0.2) is 11.3 Å². The smallest absolute Gasteiger partial charge is 0.168 e. The standard InChI is InChI=1S/C13H16N4O/c14-10-13(12(18)6-8-15-13)7-9-16-17-11-4-2-1-3-5-11/h1-5,15-17H,6-9H2. The zero-order valence-electron chi connectivity index (χ0n) is 10.1. The predicted molar refractivity (Wildman–Crippen MR) is 68.7 cm³/mol. The van der Waals surface area contributed by atoms with Crippen molar-refractivity contribution in [2.45, 2.75) is 18.4 Å². The molecule has 0 aromatic heterocycles. The number of nitrogens with zero attached hydrogens (tertiary/aromatic N) is 1. The Hall–Kier alpha value is -1.90. The van der Waals surface area contributed by atoms with Gasteiger partial charge in [0.2, 0.25) is 0 Å². The third-order valence-electron chi connectivity index (χ3n) is 3.08. The number of nitriles is 1. The van der Waals surface area contributed by atoms with Gasteiger partial charge in [0.25, 0.3) is 0 Å². The summed E-state index contributed by atoms with van der Waals surface area (Å²) in [5.41, 5.74) is 6.00. The molecule has 1 aromatic carbocycles. The SMILES string of the molecule is N#CC1(CCNNc2ccccc2)NCCC1=O. The second-order valence-electron chi connectivity index (χ2n) is 4.28. The van der Waals surface area contributed by atoms with E-state index in [0.29, 0.717) is 25.9 Å². The van der Waals surface area contributed by atoms with Gasteiger partial charge in [-0.15, -0.1) is 0 Å². The van der Waals surface area contributed by atoms with E-state index in [2.05, 4.69) is 22.2 Å². The second-order valence-corrected chi connectivity index (χ2v) is 4.28. The highest BCUT2D eigenvalue weighted by Crippen LogP contribution is 2.18. The van der Waals surface area contributed by atoms with Crippen LogP contribution in [0.3, 0.4) is 0 Å². The Morgan fingerprint density at radius 1 is 1.39 bits per heavy atom. The molecule has 2 rings (SSSR count). The molecule has 3 N–H and O–H groups in total. The Kier molecular flexibility index (Phi) is 3.92. The van der Waals surface area contributed by atoms with Crippen molar-refractivity contribution in [1.82, 2.24) is 10.7 Å². The summed E-state index contributed by atoms with van der Waals surface area (Å²) < 4.78 is 0. The molecule has 0 radical (unpaired) electrons. The van der Waals surface area contributed by atoms with Gasteiger partial charge in [0.1, 0.15) is 0 Å². The molecule has 1 unspecified atom stereocenters. The van der Waals surface area contributed by atoms with E-state index in [0.717, 1.165) is 5.69 Å². The van der Waals surface area contributed by atoms with Gasteiger partial charge < -0.3 is 5.43 Å². The summed E-state index contributed by atoms with van der Waals surface area (Å²) in [6.45, 7) is 1.14. The minimum Gasteiger partial charge on any atom is -0.322 e. The van der Waals surface area contributed by atoms with Gasteiger partial charge in [-0.25, -0.2) is 5.43 Å². The Morgan fingerprint density at radius 2 is 2.17 bits per heavy atom. The van der Waals surface area contributed by atoms with E-state index in [9.17, 15) is 4.79 Å². The van der Waals surface area contributed by atoms with Crippen molar-refractivity contribution < 1.29 is 4.79 Å². The lowest BCUT2D eigenvalue weighted by atomic mass is 9.94. The quantitative estimate of drug-likeness (QED) is 0.528. The highest BCUT2D eigenvalue weighted by atomic mass is 16.1. The molecule has 1 atom stereocenters. The molecule has 0 aliphatic carbocycles. The van der Waals surface area contributed by atoms with Gasteiger partial charge in [-0.3, -0.25) is 10.1 Å². The number of hydrogen-bond donors (Lipinski definition) is 3. The molecule has 1 fully saturated rings. The maximum absolute atomic E-state index is 11.7. The van der Waals surface area contributed by atoms with Gasteiger partial charge in [0.05, 0.1) is 6.07 Å². The molecule has 1 aliphatic heterocycles. The molecular weight excluding hydrogens is 228 g/mol. The molecular formula is C13H16N4O. The molecule has 0 spiro atoms. The van der Waals surface area contributed by atoms with E-state index in [4.69, 9.17) is 5.26 Å². The number of benzene rings is 1. The highest BCUT2D eigenvalue weighted by Gasteiger charge is 2.41. The monoisotopic (exact) mass is 244 g/mol. The highest BCUT2D eigenvalue weighted by molar-refractivity contribution is 5.93. The topological polar surface area (TPSA) is 77.0 Å². The van der Waals surface area contributed by atoms with Gasteiger partial charge in [-0.2, -0.15) is 5.26 Å². The van der Waals surface area contributed by atoms with E-state index in [1.54, 1.807) is 0 Å². The first kappa shape index (κ1) is 12.6. The Bertz CT molecular complexity index is 454. The van der Waals surface area contributed by atoms with Gasteiger partial charge >= 0.3 is 0 Å². The number of carbonyl (C=O) groups is 1. The largest absolute Gasteiger partial charge is 0.322 e. The van der Waals surface area contributed by atoms with Gasteiger partial charge in [-0.1, -0.05) is 18.2 Å². The molecule has 5 heteroatoms. The average Bonchev–Trinajstić information content (AvgIpc) is 2.78. The average molecular weight is 244 g/mol. The van der Waals surface area contributed by atoms with E-state index >= 15 is 0 Å². The van der Waals surface area contributed by atoms with Crippen LogP contribution in [-0.2, 0) is 4.79 Å². The lowest BCUT2D eigenvalue weighted by Crippen LogP contribution is -2.46. The molecule has 1 heterocycles. The summed E-state index contributed by atoms with van der Waals surface area (Å²) in [4.78, 5) is 11.7. The van der Waals surface area contributed by atoms with Crippen LogP contribution in [0.25, 0.3) is 0 Å². The zero-order valence-corrected chi connectivity index (χ0v) is 10.1. The minimum atomic E-state index is -0.995. The molecule has 1 aromatic rings. The summed E-state index contributed by atoms with van der Waals surface area (Å²) in [6.07, 6.45) is 0.905. The Labute approximate surface area is 106 Å². The van der Waals surface area contributed by atoms with E-state index in [1.165, 1.54) is 0 Å². The molecule has 0 bridgehead atoms. The number of rotatable bonds is 5. The van der Waals surface area contributed by atoms with Crippen molar-refractivity contribution in [3.63, 3.8) is 0 Å². The summed E-state index contributed by atoms with van der Waals surface area (Å²) in [5, 5.41) is 12.1. The van der Waals surface area contributed by atoms with Crippen LogP contribution in [0.15, 0.2) is 30.3 Å². The lowest BCUT2D eigenvalue weighted by Gasteiger charge is -2.19. The Balaban J connectivity index is 1.79. The number of hydrogen-bond acceptors (Lipinski definition) is 5. The summed E-state index contributed by atoms with van der Waals surface area (Å²) in [7, 11) is 0. The van der Waals surface area contributed by atoms with Crippen LogP contribution in [0.1, 0.15) is 12.8 Å². The molecule has 18 heavy (non-hydrogen) atoms. The molecule has 0 saturated carbocycles. The summed E-state index contributed by atoms with van der Waals surface area (Å²) >= 11 is 0. The van der Waals surface area contributed by atoms with Crippen LogP contribution >= 0.6 is 0 Å². The van der Waals surface area contributed by atoms with Crippen molar-refractivity contribution in [3.05, 3.63) is 30.3 Å². The van der Waals surface area contributed by atoms with Crippen LogP contribution < -0.4 is 16.2 Å². The van der Waals surface area contributed by atoms with Crippen LogP contribution in [0.2, 0.25) is 0 Å². The summed E-state index contributed by atoms with van der Waals surface area (Å²) in [6, 6.07) is 11.8. The van der Waals surface area contributed by atoms with Crippen LogP contribution in [-0.4, -0.2) is 24.4 Å². The number of anilines is 1. The molecule has 94 valence electrons. The molecule has 1 saturated heterocycles. The fraction of sp³-hybridized carbons (Fsp3) is 0.385. The number of Topliss-reactive ketones (excluding diaryl/α,β-unsaturated/α-hetero) is 1. The maximum Gasteiger partial charge on any atom is 0.168 e. The number of nitrogens with one attached hydrogen (secondary N) is 3. The predicted octanol–water partition coefficient (Wildman–Crippen LogP) is 0.818.